The first-order chi connectivity index (χ1) is 6.02. The summed E-state index contributed by atoms with van der Waals surface area (Å²) in [5.41, 5.74) is 1.03. The third-order valence-corrected chi connectivity index (χ3v) is 2.24. The molecule has 1 aromatic heterocycles. The van der Waals surface area contributed by atoms with Crippen molar-refractivity contribution in [1.29, 1.82) is 0 Å². The highest BCUT2D eigenvalue weighted by Gasteiger charge is 2.06. The topological polar surface area (TPSA) is 55.1 Å². The molecule has 0 saturated carbocycles. The van der Waals surface area contributed by atoms with E-state index in [1.165, 1.54) is 0 Å². The summed E-state index contributed by atoms with van der Waals surface area (Å²) in [6.45, 7) is 1.54. The fraction of sp³-hybridized carbons (Fsp3) is 0.250. The molecule has 4 nitrogen and oxygen atoms in total. The molecular formula is C8H9BrN2O2. The molecule has 0 aliphatic carbocycles. The van der Waals surface area contributed by atoms with Gasteiger partial charge in [0.05, 0.1) is 12.0 Å². The number of rotatable bonds is 2. The molecule has 1 aromatic rings. The van der Waals surface area contributed by atoms with E-state index in [0.717, 1.165) is 5.69 Å². The highest BCUT2D eigenvalue weighted by molar-refractivity contribution is 9.10. The van der Waals surface area contributed by atoms with Crippen LogP contribution < -0.4 is 0 Å². The normalized spacial score (nSPS) is 11.8. The van der Waals surface area contributed by atoms with Crippen LogP contribution in [0.5, 0.6) is 0 Å². The molecule has 13 heavy (non-hydrogen) atoms. The Morgan fingerprint density at radius 2 is 2.38 bits per heavy atom. The van der Waals surface area contributed by atoms with Gasteiger partial charge < -0.3 is 9.67 Å². The van der Waals surface area contributed by atoms with Crippen LogP contribution in [0.15, 0.2) is 16.5 Å². The Labute approximate surface area is 84.0 Å². The maximum absolute atomic E-state index is 10.5. The maximum Gasteiger partial charge on any atom is 0.331 e. The smallest absolute Gasteiger partial charge is 0.331 e. The van der Waals surface area contributed by atoms with Gasteiger partial charge >= 0.3 is 5.97 Å². The van der Waals surface area contributed by atoms with Crippen LogP contribution >= 0.6 is 15.9 Å². The number of nitrogens with zero attached hydrogens (tertiary/aromatic N) is 2. The number of aromatic nitrogens is 2. The van der Waals surface area contributed by atoms with Crippen molar-refractivity contribution in [2.75, 3.05) is 0 Å². The van der Waals surface area contributed by atoms with Crippen LogP contribution in [-0.4, -0.2) is 20.6 Å². The minimum absolute atomic E-state index is 0.282. The second-order valence-electron chi connectivity index (χ2n) is 2.66. The van der Waals surface area contributed by atoms with Crippen LogP contribution in [0.1, 0.15) is 12.6 Å². The van der Waals surface area contributed by atoms with E-state index >= 15 is 0 Å². The van der Waals surface area contributed by atoms with Gasteiger partial charge in [-0.1, -0.05) is 0 Å². The molecule has 0 radical (unpaired) electrons. The fourth-order valence-corrected chi connectivity index (χ4v) is 1.33. The summed E-state index contributed by atoms with van der Waals surface area (Å²) in [7, 11) is 1.80. The Morgan fingerprint density at radius 1 is 1.77 bits per heavy atom. The van der Waals surface area contributed by atoms with Gasteiger partial charge in [-0.3, -0.25) is 0 Å². The number of halogens is 1. The number of carbonyl (C=O) groups is 1. The van der Waals surface area contributed by atoms with Crippen LogP contribution in [0.4, 0.5) is 0 Å². The van der Waals surface area contributed by atoms with Gasteiger partial charge in [-0.25, -0.2) is 9.78 Å². The highest BCUT2D eigenvalue weighted by atomic mass is 79.9. The van der Waals surface area contributed by atoms with Gasteiger partial charge in [0.1, 0.15) is 4.60 Å². The zero-order valence-electron chi connectivity index (χ0n) is 7.28. The molecular weight excluding hydrogens is 236 g/mol. The van der Waals surface area contributed by atoms with Gasteiger partial charge in [-0.05, 0) is 28.9 Å². The van der Waals surface area contributed by atoms with Crippen molar-refractivity contribution in [3.63, 3.8) is 0 Å². The number of hydrogen-bond acceptors (Lipinski definition) is 2. The molecule has 70 valence electrons. The third kappa shape index (κ3) is 2.18. The molecule has 0 amide bonds. The molecule has 0 fully saturated rings. The second kappa shape index (κ2) is 3.74. The summed E-state index contributed by atoms with van der Waals surface area (Å²) in [5, 5.41) is 8.65. The number of carboxylic acid groups (broad SMARTS) is 1. The zero-order chi connectivity index (χ0) is 10.0. The van der Waals surface area contributed by atoms with Crippen molar-refractivity contribution in [3.8, 4) is 0 Å². The van der Waals surface area contributed by atoms with E-state index in [-0.39, 0.29) is 5.57 Å². The molecule has 1 rings (SSSR count). The van der Waals surface area contributed by atoms with Gasteiger partial charge in [-0.2, -0.15) is 0 Å². The minimum atomic E-state index is -0.923. The summed E-state index contributed by atoms with van der Waals surface area (Å²) < 4.78 is 2.40. The Hall–Kier alpha value is -1.10. The van der Waals surface area contributed by atoms with Crippen molar-refractivity contribution in [2.45, 2.75) is 6.92 Å². The Morgan fingerprint density at radius 3 is 2.77 bits per heavy atom. The van der Waals surface area contributed by atoms with Gasteiger partial charge in [0.2, 0.25) is 0 Å². The van der Waals surface area contributed by atoms with Crippen molar-refractivity contribution in [1.82, 2.24) is 9.55 Å². The molecule has 0 atom stereocenters. The van der Waals surface area contributed by atoms with Crippen molar-refractivity contribution >= 4 is 28.0 Å². The zero-order valence-corrected chi connectivity index (χ0v) is 8.87. The van der Waals surface area contributed by atoms with Crippen molar-refractivity contribution < 1.29 is 9.90 Å². The number of carboxylic acids is 1. The standard InChI is InChI=1S/C8H9BrN2O2/c1-5(8(12)13)3-6-7(9)10-4-11(6)2/h3-4H,1-2H3,(H,12,13)/b5-3+. The molecule has 0 bridgehead atoms. The molecule has 1 heterocycles. The summed E-state index contributed by atoms with van der Waals surface area (Å²) in [6.07, 6.45) is 3.18. The third-order valence-electron chi connectivity index (χ3n) is 1.63. The lowest BCUT2D eigenvalue weighted by molar-refractivity contribution is -0.132. The van der Waals surface area contributed by atoms with Crippen LogP contribution in [0, 0.1) is 0 Å². The molecule has 0 unspecified atom stereocenters. The summed E-state index contributed by atoms with van der Waals surface area (Å²) in [6, 6.07) is 0. The number of aryl methyl sites for hydroxylation is 1. The van der Waals surface area contributed by atoms with E-state index in [9.17, 15) is 4.79 Å². The van der Waals surface area contributed by atoms with Gasteiger partial charge in [0.15, 0.2) is 0 Å². The molecule has 5 heteroatoms. The lowest BCUT2D eigenvalue weighted by atomic mass is 10.2. The molecule has 0 aliphatic rings. The second-order valence-corrected chi connectivity index (χ2v) is 3.42. The first-order valence-electron chi connectivity index (χ1n) is 3.60. The van der Waals surface area contributed by atoms with Gasteiger partial charge in [-0.15, -0.1) is 0 Å². The van der Waals surface area contributed by atoms with Crippen molar-refractivity contribution in [3.05, 3.63) is 22.2 Å². The molecule has 0 aromatic carbocycles. The van der Waals surface area contributed by atoms with E-state index in [0.29, 0.717) is 4.60 Å². The fourth-order valence-electron chi connectivity index (χ4n) is 0.839. The summed E-state index contributed by atoms with van der Waals surface area (Å²) in [5.74, 6) is -0.923. The SMILES string of the molecule is C/C(=C\c1c(Br)ncn1C)C(=O)O. The molecule has 0 spiro atoms. The monoisotopic (exact) mass is 244 g/mol. The van der Waals surface area contributed by atoms with E-state index in [2.05, 4.69) is 20.9 Å². The predicted octanol–water partition coefficient (Wildman–Crippen LogP) is 1.67. The van der Waals surface area contributed by atoms with Gasteiger partial charge in [0.25, 0.3) is 0 Å². The van der Waals surface area contributed by atoms with Gasteiger partial charge in [0, 0.05) is 12.6 Å². The van der Waals surface area contributed by atoms with E-state index < -0.39 is 5.97 Å². The quantitative estimate of drug-likeness (QED) is 0.806. The van der Waals surface area contributed by atoms with Crippen LogP contribution in [-0.2, 0) is 11.8 Å². The Bertz CT molecular complexity index is 349. The summed E-state index contributed by atoms with van der Waals surface area (Å²) in [4.78, 5) is 14.5. The van der Waals surface area contributed by atoms with Crippen LogP contribution in [0.25, 0.3) is 6.08 Å². The lowest BCUT2D eigenvalue weighted by Gasteiger charge is -1.97. The number of aliphatic carboxylic acids is 1. The first-order valence-corrected chi connectivity index (χ1v) is 4.40. The Balaban J connectivity index is 3.10. The molecule has 0 aliphatic heterocycles. The van der Waals surface area contributed by atoms with E-state index in [1.807, 2.05) is 0 Å². The largest absolute Gasteiger partial charge is 0.478 e. The minimum Gasteiger partial charge on any atom is -0.478 e. The van der Waals surface area contributed by atoms with E-state index in [1.54, 1.807) is 30.9 Å². The number of hydrogen-bond donors (Lipinski definition) is 1. The van der Waals surface area contributed by atoms with Crippen LogP contribution in [0.3, 0.4) is 0 Å². The van der Waals surface area contributed by atoms with E-state index in [4.69, 9.17) is 5.11 Å². The number of imidazole rings is 1. The first kappa shape index (κ1) is 9.98. The molecule has 0 saturated heterocycles. The van der Waals surface area contributed by atoms with Crippen LogP contribution in [0.2, 0.25) is 0 Å². The summed E-state index contributed by atoms with van der Waals surface area (Å²) >= 11 is 3.23. The average molecular weight is 245 g/mol. The maximum atomic E-state index is 10.5. The average Bonchev–Trinajstić information content (AvgIpc) is 2.35. The molecule has 1 N–H and O–H groups in total. The Kier molecular flexibility index (Phi) is 2.87. The predicted molar refractivity (Wildman–Crippen MR) is 52.2 cm³/mol. The highest BCUT2D eigenvalue weighted by Crippen LogP contribution is 2.16. The van der Waals surface area contributed by atoms with Crippen molar-refractivity contribution in [2.24, 2.45) is 7.05 Å². The lowest BCUT2D eigenvalue weighted by Crippen LogP contribution is -1.97.